The number of pyridine rings is 1. The van der Waals surface area contributed by atoms with Crippen molar-refractivity contribution in [1.82, 2.24) is 9.88 Å². The predicted octanol–water partition coefficient (Wildman–Crippen LogP) is 9.48. The lowest BCUT2D eigenvalue weighted by Crippen LogP contribution is -2.47. The number of hydrogen-bond acceptors (Lipinski definition) is 5. The molecular formula is C37H38F4N2O4. The van der Waals surface area contributed by atoms with Crippen molar-refractivity contribution in [3.63, 3.8) is 0 Å². The first-order chi connectivity index (χ1) is 22.4. The van der Waals surface area contributed by atoms with Gasteiger partial charge in [0, 0.05) is 34.9 Å². The number of rotatable bonds is 8. The molecule has 0 atom stereocenters. The third-order valence-electron chi connectivity index (χ3n) is 6.87. The van der Waals surface area contributed by atoms with Crippen LogP contribution >= 0.6 is 0 Å². The highest BCUT2D eigenvalue weighted by molar-refractivity contribution is 5.79. The summed E-state index contributed by atoms with van der Waals surface area (Å²) in [5.41, 5.74) is -0.595. The molecule has 6 nitrogen and oxygen atoms in total. The van der Waals surface area contributed by atoms with Gasteiger partial charge >= 0.3 is 6.09 Å². The molecule has 0 fully saturated rings. The summed E-state index contributed by atoms with van der Waals surface area (Å²) in [7, 11) is 0. The Bertz CT molecular complexity index is 1690. The summed E-state index contributed by atoms with van der Waals surface area (Å²) in [5, 5.41) is 0. The Hall–Kier alpha value is -4.86. The Balaban J connectivity index is 0.00000245. The molecule has 0 N–H and O–H groups in total. The molecule has 0 bridgehead atoms. The van der Waals surface area contributed by atoms with E-state index in [2.05, 4.69) is 4.98 Å². The first kappa shape index (κ1) is 35.0. The Labute approximate surface area is 272 Å². The number of aromatic nitrogens is 1. The zero-order chi connectivity index (χ0) is 34.2. The second-order valence-corrected chi connectivity index (χ2v) is 11.5. The van der Waals surface area contributed by atoms with Crippen LogP contribution < -0.4 is 9.47 Å². The minimum Gasteiger partial charge on any atom is -0.473 e. The quantitative estimate of drug-likeness (QED) is 0.178. The summed E-state index contributed by atoms with van der Waals surface area (Å²) >= 11 is 0. The minimum absolute atomic E-state index is 0.0225. The summed E-state index contributed by atoms with van der Waals surface area (Å²) in [6.45, 7) is 7.86. The summed E-state index contributed by atoms with van der Waals surface area (Å²) in [6.07, 6.45) is 0.0889. The van der Waals surface area contributed by atoms with E-state index in [0.29, 0.717) is 0 Å². The average Bonchev–Trinajstić information content (AvgIpc) is 3.04. The average molecular weight is 651 g/mol. The summed E-state index contributed by atoms with van der Waals surface area (Å²) in [5.74, 6) is -5.51. The normalized spacial score (nSPS) is 14.0. The molecule has 10 heteroatoms. The van der Waals surface area contributed by atoms with Crippen molar-refractivity contribution < 1.29 is 36.6 Å². The lowest BCUT2D eigenvalue weighted by atomic mass is 9.93. The van der Waals surface area contributed by atoms with Gasteiger partial charge < -0.3 is 14.2 Å². The summed E-state index contributed by atoms with van der Waals surface area (Å²) in [6, 6.07) is 23.2. The maximum Gasteiger partial charge on any atom is 0.410 e. The Morgan fingerprint density at radius 1 is 0.809 bits per heavy atom. The lowest BCUT2D eigenvalue weighted by molar-refractivity contribution is -0.0106. The molecule has 1 aliphatic heterocycles. The van der Waals surface area contributed by atoms with Crippen molar-refractivity contribution in [2.24, 2.45) is 0 Å². The van der Waals surface area contributed by atoms with E-state index in [1.54, 1.807) is 20.8 Å². The molecule has 0 spiro atoms. The molecule has 0 saturated heterocycles. The number of ether oxygens (including phenoxy) is 3. The van der Waals surface area contributed by atoms with Gasteiger partial charge in [0.2, 0.25) is 11.8 Å². The first-order valence-corrected chi connectivity index (χ1v) is 15.3. The topological polar surface area (TPSA) is 60.9 Å². The van der Waals surface area contributed by atoms with Gasteiger partial charge in [0.1, 0.15) is 30.4 Å². The minimum atomic E-state index is -3.66. The van der Waals surface area contributed by atoms with E-state index in [1.165, 1.54) is 12.1 Å². The Kier molecular flexibility index (Phi) is 11.3. The van der Waals surface area contributed by atoms with Crippen LogP contribution in [0.15, 0.2) is 91.0 Å². The van der Waals surface area contributed by atoms with Crippen molar-refractivity contribution in [2.45, 2.75) is 59.4 Å². The molecular weight excluding hydrogens is 612 g/mol. The number of nitrogens with zero attached hydrogens (tertiary/aromatic N) is 2. The molecule has 1 aromatic heterocycles. The van der Waals surface area contributed by atoms with E-state index >= 15 is 17.6 Å². The molecule has 0 aliphatic carbocycles. The maximum absolute atomic E-state index is 15.7. The monoisotopic (exact) mass is 650 g/mol. The largest absolute Gasteiger partial charge is 0.473 e. The highest BCUT2D eigenvalue weighted by Gasteiger charge is 2.43. The van der Waals surface area contributed by atoms with E-state index in [1.807, 2.05) is 74.5 Å². The summed E-state index contributed by atoms with van der Waals surface area (Å²) < 4.78 is 78.7. The molecule has 3 aromatic carbocycles. The molecule has 5 rings (SSSR count). The fraction of sp³-hybridized carbons (Fsp3) is 0.297. The van der Waals surface area contributed by atoms with Crippen LogP contribution in [-0.2, 0) is 18.0 Å². The number of amides is 1. The van der Waals surface area contributed by atoms with Gasteiger partial charge in [-0.3, -0.25) is 4.90 Å². The van der Waals surface area contributed by atoms with Gasteiger partial charge in [-0.2, -0.15) is 13.8 Å². The van der Waals surface area contributed by atoms with Crippen LogP contribution in [0, 0.1) is 11.6 Å². The number of halogens is 4. The van der Waals surface area contributed by atoms with Gasteiger partial charge in [0.25, 0.3) is 5.92 Å². The van der Waals surface area contributed by atoms with Gasteiger partial charge in [-0.1, -0.05) is 80.6 Å². The van der Waals surface area contributed by atoms with Crippen LogP contribution in [0.1, 0.15) is 51.3 Å². The fourth-order valence-corrected chi connectivity index (χ4v) is 4.75. The highest BCUT2D eigenvalue weighted by atomic mass is 19.3. The maximum atomic E-state index is 15.7. The van der Waals surface area contributed by atoms with Crippen LogP contribution in [0.2, 0.25) is 0 Å². The van der Waals surface area contributed by atoms with Gasteiger partial charge in [-0.25, -0.2) is 13.6 Å². The first-order valence-electron chi connectivity index (χ1n) is 15.3. The van der Waals surface area contributed by atoms with E-state index in [4.69, 9.17) is 14.2 Å². The second-order valence-electron chi connectivity index (χ2n) is 11.5. The van der Waals surface area contributed by atoms with E-state index in [9.17, 15) is 4.79 Å². The van der Waals surface area contributed by atoms with Crippen molar-refractivity contribution in [3.8, 4) is 22.9 Å². The van der Waals surface area contributed by atoms with Gasteiger partial charge in [0.05, 0.1) is 6.54 Å². The molecule has 248 valence electrons. The van der Waals surface area contributed by atoms with E-state index in [-0.39, 0.29) is 42.6 Å². The van der Waals surface area contributed by atoms with Gasteiger partial charge in [-0.15, -0.1) is 0 Å². The third-order valence-corrected chi connectivity index (χ3v) is 6.87. The summed E-state index contributed by atoms with van der Waals surface area (Å²) in [4.78, 5) is 17.6. The number of carbonyl (C=O) groups excluding carboxylic acids is 1. The molecule has 2 heterocycles. The van der Waals surface area contributed by atoms with Crippen LogP contribution in [0.3, 0.4) is 0 Å². The van der Waals surface area contributed by atoms with Crippen LogP contribution in [0.25, 0.3) is 16.7 Å². The standard InChI is InChI=1S/C35H32F4N2O4.C2H6/c1-34(2,3)45-33(42)41-17-16-28(35(38,39)22-41)27-19-29(36)26(18-30(27)37)25-14-15-31(43-20-23-10-6-4-7-11-23)40-32(25)44-21-24-12-8-5-9-13-24;1-2/h4-16,18-19H,17,20-22H2,1-3H3;1-2H3. The Morgan fingerprint density at radius 2 is 1.36 bits per heavy atom. The van der Waals surface area contributed by atoms with Gasteiger partial charge in [-0.05, 0) is 50.1 Å². The van der Waals surface area contributed by atoms with Crippen molar-refractivity contribution in [2.75, 3.05) is 13.1 Å². The van der Waals surface area contributed by atoms with Crippen molar-refractivity contribution in [3.05, 3.63) is 119 Å². The van der Waals surface area contributed by atoms with Gasteiger partial charge in [0.15, 0.2) is 0 Å². The molecule has 0 saturated carbocycles. The SMILES string of the molecule is CC.CC(C)(C)OC(=O)N1CC=C(c2cc(F)c(-c3ccc(OCc4ccccc4)nc3OCc3ccccc3)cc2F)C(F)(F)C1. The predicted molar refractivity (Wildman–Crippen MR) is 173 cm³/mol. The molecule has 0 radical (unpaired) electrons. The fourth-order valence-electron chi connectivity index (χ4n) is 4.75. The highest BCUT2D eigenvalue weighted by Crippen LogP contribution is 2.41. The van der Waals surface area contributed by atoms with Crippen LogP contribution in [0.5, 0.6) is 11.8 Å². The Morgan fingerprint density at radius 3 is 1.94 bits per heavy atom. The molecule has 1 amide bonds. The second kappa shape index (κ2) is 15.2. The lowest BCUT2D eigenvalue weighted by Gasteiger charge is -2.34. The van der Waals surface area contributed by atoms with Crippen molar-refractivity contribution >= 4 is 11.7 Å². The number of hydrogen-bond donors (Lipinski definition) is 0. The van der Waals surface area contributed by atoms with E-state index in [0.717, 1.165) is 34.2 Å². The zero-order valence-corrected chi connectivity index (χ0v) is 27.0. The van der Waals surface area contributed by atoms with Crippen molar-refractivity contribution in [1.29, 1.82) is 0 Å². The number of alkyl halides is 2. The third kappa shape index (κ3) is 9.12. The smallest absolute Gasteiger partial charge is 0.410 e. The van der Waals surface area contributed by atoms with Crippen LogP contribution in [0.4, 0.5) is 22.4 Å². The van der Waals surface area contributed by atoms with E-state index < -0.39 is 46.9 Å². The molecule has 47 heavy (non-hydrogen) atoms. The number of benzene rings is 3. The van der Waals surface area contributed by atoms with Crippen LogP contribution in [-0.4, -0.2) is 40.6 Å². The molecule has 0 unspecified atom stereocenters. The zero-order valence-electron chi connectivity index (χ0n) is 27.0. The molecule has 1 aliphatic rings. The molecule has 4 aromatic rings. The number of carbonyl (C=O) groups is 1.